The molecule has 0 saturated carbocycles. The molecular formula is C18H21NO3. The Morgan fingerprint density at radius 1 is 1.05 bits per heavy atom. The summed E-state index contributed by atoms with van der Waals surface area (Å²) in [7, 11) is 0. The zero-order chi connectivity index (χ0) is 15.9. The van der Waals surface area contributed by atoms with Crippen LogP contribution < -0.4 is 5.73 Å². The number of carboxylic acid groups (broad SMARTS) is 1. The Morgan fingerprint density at radius 3 is 2.00 bits per heavy atom. The minimum absolute atomic E-state index is 0.336. The second-order valence-electron chi connectivity index (χ2n) is 5.18. The van der Waals surface area contributed by atoms with Crippen molar-refractivity contribution in [3.8, 4) is 11.1 Å². The number of ether oxygens (including phenoxy) is 1. The maximum absolute atomic E-state index is 10.8. The molecule has 0 aliphatic rings. The van der Waals surface area contributed by atoms with Gasteiger partial charge in [-0.05, 0) is 35.6 Å². The van der Waals surface area contributed by atoms with Gasteiger partial charge in [-0.25, -0.2) is 0 Å². The number of aliphatic carboxylic acids is 1. The standard InChI is InChI=1S/C18H21NO3/c1-2-22-12-14-5-9-16(10-6-14)15-7-3-13(4-8-15)11-17(19)18(20)21/h3-10,17H,2,11-12,19H2,1H3,(H,20,21). The largest absolute Gasteiger partial charge is 0.480 e. The second kappa shape index (κ2) is 7.73. The second-order valence-corrected chi connectivity index (χ2v) is 5.18. The molecule has 1 unspecified atom stereocenters. The van der Waals surface area contributed by atoms with Crippen LogP contribution in [0.1, 0.15) is 18.1 Å². The van der Waals surface area contributed by atoms with Gasteiger partial charge in [0.2, 0.25) is 0 Å². The molecule has 116 valence electrons. The van der Waals surface area contributed by atoms with Crippen LogP contribution in [0.2, 0.25) is 0 Å². The van der Waals surface area contributed by atoms with Crippen LogP contribution in [-0.2, 0) is 22.6 Å². The van der Waals surface area contributed by atoms with E-state index < -0.39 is 12.0 Å². The fourth-order valence-corrected chi connectivity index (χ4v) is 2.19. The average molecular weight is 299 g/mol. The Bertz CT molecular complexity index is 605. The van der Waals surface area contributed by atoms with Crippen LogP contribution in [-0.4, -0.2) is 23.7 Å². The van der Waals surface area contributed by atoms with E-state index >= 15 is 0 Å². The van der Waals surface area contributed by atoms with Gasteiger partial charge < -0.3 is 15.6 Å². The molecule has 0 saturated heterocycles. The highest BCUT2D eigenvalue weighted by atomic mass is 16.5. The minimum Gasteiger partial charge on any atom is -0.480 e. The van der Waals surface area contributed by atoms with E-state index in [9.17, 15) is 4.79 Å². The molecule has 3 N–H and O–H groups in total. The normalized spacial score (nSPS) is 12.1. The topological polar surface area (TPSA) is 72.5 Å². The Morgan fingerprint density at radius 2 is 1.55 bits per heavy atom. The first-order valence-corrected chi connectivity index (χ1v) is 7.34. The van der Waals surface area contributed by atoms with Gasteiger partial charge in [-0.2, -0.15) is 0 Å². The van der Waals surface area contributed by atoms with E-state index in [1.54, 1.807) is 0 Å². The summed E-state index contributed by atoms with van der Waals surface area (Å²) < 4.78 is 5.38. The molecular weight excluding hydrogens is 278 g/mol. The lowest BCUT2D eigenvalue weighted by Crippen LogP contribution is -2.32. The molecule has 0 aliphatic carbocycles. The molecule has 0 spiro atoms. The van der Waals surface area contributed by atoms with E-state index in [0.717, 1.165) is 22.3 Å². The van der Waals surface area contributed by atoms with E-state index in [-0.39, 0.29) is 0 Å². The summed E-state index contributed by atoms with van der Waals surface area (Å²) in [4.78, 5) is 10.8. The number of rotatable bonds is 7. The lowest BCUT2D eigenvalue weighted by Gasteiger charge is -2.08. The van der Waals surface area contributed by atoms with Crippen molar-refractivity contribution in [3.05, 3.63) is 59.7 Å². The van der Waals surface area contributed by atoms with Gasteiger partial charge in [0.1, 0.15) is 6.04 Å². The van der Waals surface area contributed by atoms with Crippen LogP contribution in [0.25, 0.3) is 11.1 Å². The summed E-state index contributed by atoms with van der Waals surface area (Å²) >= 11 is 0. The van der Waals surface area contributed by atoms with Crippen LogP contribution >= 0.6 is 0 Å². The molecule has 4 nitrogen and oxygen atoms in total. The molecule has 2 rings (SSSR count). The van der Waals surface area contributed by atoms with Gasteiger partial charge in [0.25, 0.3) is 0 Å². The summed E-state index contributed by atoms with van der Waals surface area (Å²) in [5, 5.41) is 8.83. The van der Waals surface area contributed by atoms with Crippen LogP contribution in [0.3, 0.4) is 0 Å². The van der Waals surface area contributed by atoms with E-state index in [1.807, 2.05) is 31.2 Å². The van der Waals surface area contributed by atoms with Crippen molar-refractivity contribution in [2.45, 2.75) is 26.0 Å². The monoisotopic (exact) mass is 299 g/mol. The number of nitrogens with two attached hydrogens (primary N) is 1. The molecule has 22 heavy (non-hydrogen) atoms. The summed E-state index contributed by atoms with van der Waals surface area (Å²) in [5.41, 5.74) is 9.83. The fraction of sp³-hybridized carbons (Fsp3) is 0.278. The van der Waals surface area contributed by atoms with Crippen molar-refractivity contribution in [1.82, 2.24) is 0 Å². The first-order chi connectivity index (χ1) is 10.6. The van der Waals surface area contributed by atoms with E-state index in [1.165, 1.54) is 0 Å². The first kappa shape index (κ1) is 16.2. The van der Waals surface area contributed by atoms with Gasteiger partial charge in [-0.3, -0.25) is 4.79 Å². The number of hydrogen-bond donors (Lipinski definition) is 2. The zero-order valence-electron chi connectivity index (χ0n) is 12.7. The molecule has 0 bridgehead atoms. The summed E-state index contributed by atoms with van der Waals surface area (Å²) in [5.74, 6) is -0.978. The molecule has 0 radical (unpaired) electrons. The lowest BCUT2D eigenvalue weighted by molar-refractivity contribution is -0.138. The van der Waals surface area contributed by atoms with Gasteiger partial charge in [0, 0.05) is 6.61 Å². The van der Waals surface area contributed by atoms with Crippen molar-refractivity contribution in [2.24, 2.45) is 5.73 Å². The molecule has 0 aromatic heterocycles. The van der Waals surface area contributed by atoms with Gasteiger partial charge in [-0.1, -0.05) is 48.5 Å². The van der Waals surface area contributed by atoms with Crippen molar-refractivity contribution < 1.29 is 14.6 Å². The third-order valence-corrected chi connectivity index (χ3v) is 3.49. The average Bonchev–Trinajstić information content (AvgIpc) is 2.54. The highest BCUT2D eigenvalue weighted by molar-refractivity contribution is 5.73. The quantitative estimate of drug-likeness (QED) is 0.824. The number of carbonyl (C=O) groups is 1. The third-order valence-electron chi connectivity index (χ3n) is 3.49. The smallest absolute Gasteiger partial charge is 0.320 e. The maximum atomic E-state index is 10.8. The van der Waals surface area contributed by atoms with Gasteiger partial charge in [-0.15, -0.1) is 0 Å². The molecule has 2 aromatic carbocycles. The number of carboxylic acids is 1. The molecule has 0 fully saturated rings. The van der Waals surface area contributed by atoms with Crippen molar-refractivity contribution in [3.63, 3.8) is 0 Å². The molecule has 4 heteroatoms. The van der Waals surface area contributed by atoms with Gasteiger partial charge in [0.05, 0.1) is 6.61 Å². The van der Waals surface area contributed by atoms with Crippen molar-refractivity contribution in [1.29, 1.82) is 0 Å². The Kier molecular flexibility index (Phi) is 5.69. The van der Waals surface area contributed by atoms with Crippen LogP contribution in [0.4, 0.5) is 0 Å². The highest BCUT2D eigenvalue weighted by Crippen LogP contribution is 2.21. The summed E-state index contributed by atoms with van der Waals surface area (Å²) in [6.45, 7) is 3.32. The van der Waals surface area contributed by atoms with E-state index in [2.05, 4.69) is 24.3 Å². The van der Waals surface area contributed by atoms with E-state index in [0.29, 0.717) is 19.6 Å². The van der Waals surface area contributed by atoms with Gasteiger partial charge in [0.15, 0.2) is 0 Å². The first-order valence-electron chi connectivity index (χ1n) is 7.34. The fourth-order valence-electron chi connectivity index (χ4n) is 2.19. The summed E-state index contributed by atoms with van der Waals surface area (Å²) in [6, 6.07) is 15.2. The van der Waals surface area contributed by atoms with Crippen LogP contribution in [0.15, 0.2) is 48.5 Å². The SMILES string of the molecule is CCOCc1ccc(-c2ccc(CC(N)C(=O)O)cc2)cc1. The summed E-state index contributed by atoms with van der Waals surface area (Å²) in [6.07, 6.45) is 0.336. The molecule has 0 heterocycles. The number of hydrogen-bond acceptors (Lipinski definition) is 3. The number of benzene rings is 2. The Balaban J connectivity index is 2.05. The Hall–Kier alpha value is -2.17. The van der Waals surface area contributed by atoms with Crippen LogP contribution in [0, 0.1) is 0 Å². The highest BCUT2D eigenvalue weighted by Gasteiger charge is 2.11. The third kappa shape index (κ3) is 4.41. The minimum atomic E-state index is -0.978. The predicted octanol–water partition coefficient (Wildman–Crippen LogP) is 2.84. The zero-order valence-corrected chi connectivity index (χ0v) is 12.7. The molecule has 2 aromatic rings. The molecule has 1 atom stereocenters. The molecule has 0 aliphatic heterocycles. The van der Waals surface area contributed by atoms with Crippen molar-refractivity contribution in [2.75, 3.05) is 6.61 Å². The van der Waals surface area contributed by atoms with E-state index in [4.69, 9.17) is 15.6 Å². The molecule has 0 amide bonds. The van der Waals surface area contributed by atoms with Crippen LogP contribution in [0.5, 0.6) is 0 Å². The van der Waals surface area contributed by atoms with Gasteiger partial charge >= 0.3 is 5.97 Å². The lowest BCUT2D eigenvalue weighted by atomic mass is 10.00. The van der Waals surface area contributed by atoms with Crippen molar-refractivity contribution >= 4 is 5.97 Å². The predicted molar refractivity (Wildman–Crippen MR) is 86.5 cm³/mol. The maximum Gasteiger partial charge on any atom is 0.320 e. The Labute approximate surface area is 130 Å².